The smallest absolute Gasteiger partial charge is 0.326 e. The molecule has 0 saturated carbocycles. The van der Waals surface area contributed by atoms with Gasteiger partial charge in [-0.15, -0.1) is 0 Å². The van der Waals surface area contributed by atoms with Crippen LogP contribution in [0.25, 0.3) is 22.1 Å². The van der Waals surface area contributed by atoms with Crippen molar-refractivity contribution in [2.45, 2.75) is 13.1 Å². The molecule has 0 radical (unpaired) electrons. The minimum atomic E-state index is -0.134. The molecule has 5 rings (SSSR count). The average molecular weight is 430 g/mol. The molecule has 32 heavy (non-hydrogen) atoms. The predicted molar refractivity (Wildman–Crippen MR) is 124 cm³/mol. The first kappa shape index (κ1) is 19.6. The molecule has 10 nitrogen and oxygen atoms in total. The van der Waals surface area contributed by atoms with Crippen LogP contribution in [0.3, 0.4) is 0 Å². The number of nitrogens with one attached hydrogen (secondary N) is 4. The minimum Gasteiger partial charge on any atom is -0.368 e. The van der Waals surface area contributed by atoms with E-state index >= 15 is 0 Å². The number of hydrogen-bond acceptors (Lipinski definition) is 6. The Labute approximate surface area is 182 Å². The highest BCUT2D eigenvalue weighted by Crippen LogP contribution is 2.12. The lowest BCUT2D eigenvalue weighted by atomic mass is 10.3. The quantitative estimate of drug-likeness (QED) is 0.298. The van der Waals surface area contributed by atoms with E-state index in [4.69, 9.17) is 0 Å². The molecule has 0 aliphatic heterocycles. The fourth-order valence-electron chi connectivity index (χ4n) is 3.80. The van der Waals surface area contributed by atoms with Gasteiger partial charge in [0.15, 0.2) is 0 Å². The second kappa shape index (κ2) is 8.42. The Morgan fingerprint density at radius 2 is 1.19 bits per heavy atom. The van der Waals surface area contributed by atoms with E-state index in [0.29, 0.717) is 37.8 Å². The van der Waals surface area contributed by atoms with Crippen molar-refractivity contribution in [3.8, 4) is 0 Å². The largest absolute Gasteiger partial charge is 0.368 e. The number of anilines is 2. The Bertz CT molecular complexity index is 1380. The monoisotopic (exact) mass is 430 g/mol. The molecule has 0 spiro atoms. The molecule has 0 aliphatic carbocycles. The van der Waals surface area contributed by atoms with Crippen LogP contribution in [0.5, 0.6) is 0 Å². The van der Waals surface area contributed by atoms with Gasteiger partial charge in [0.1, 0.15) is 18.0 Å². The van der Waals surface area contributed by atoms with Crippen LogP contribution in [0.15, 0.2) is 70.5 Å². The second-order valence-electron chi connectivity index (χ2n) is 7.34. The number of aromatic nitrogens is 6. The van der Waals surface area contributed by atoms with Gasteiger partial charge in [-0.05, 0) is 24.3 Å². The van der Waals surface area contributed by atoms with Crippen molar-refractivity contribution in [2.75, 3.05) is 23.7 Å². The lowest BCUT2D eigenvalue weighted by Crippen LogP contribution is -2.22. The Morgan fingerprint density at radius 1 is 0.719 bits per heavy atom. The van der Waals surface area contributed by atoms with E-state index in [2.05, 4.69) is 30.6 Å². The maximum Gasteiger partial charge on any atom is 0.326 e. The fourth-order valence-corrected chi connectivity index (χ4v) is 3.80. The van der Waals surface area contributed by atoms with Crippen LogP contribution in [0.1, 0.15) is 0 Å². The van der Waals surface area contributed by atoms with E-state index in [-0.39, 0.29) is 11.4 Å². The van der Waals surface area contributed by atoms with Gasteiger partial charge < -0.3 is 20.6 Å². The van der Waals surface area contributed by atoms with E-state index in [1.807, 2.05) is 48.5 Å². The van der Waals surface area contributed by atoms with Crippen molar-refractivity contribution in [1.29, 1.82) is 0 Å². The zero-order valence-electron chi connectivity index (χ0n) is 17.2. The van der Waals surface area contributed by atoms with Gasteiger partial charge in [0.25, 0.3) is 0 Å². The fraction of sp³-hybridized carbons (Fsp3) is 0.182. The molecule has 3 aromatic heterocycles. The number of rotatable bonds is 8. The summed E-state index contributed by atoms with van der Waals surface area (Å²) in [4.78, 5) is 38.5. The molecule has 5 aromatic rings. The maximum atomic E-state index is 12.2. The molecule has 3 heterocycles. The Morgan fingerprint density at radius 3 is 1.69 bits per heavy atom. The maximum absolute atomic E-state index is 12.2. The minimum absolute atomic E-state index is 0.134. The van der Waals surface area contributed by atoms with Crippen molar-refractivity contribution < 1.29 is 0 Å². The number of nitrogens with zero attached hydrogens (tertiary/aromatic N) is 4. The third kappa shape index (κ3) is 3.85. The molecule has 0 aliphatic rings. The van der Waals surface area contributed by atoms with Crippen LogP contribution in [-0.2, 0) is 13.1 Å². The van der Waals surface area contributed by atoms with Crippen molar-refractivity contribution >= 4 is 33.7 Å². The zero-order chi connectivity index (χ0) is 21.9. The molecule has 0 amide bonds. The number of para-hydroxylation sites is 4. The highest BCUT2D eigenvalue weighted by atomic mass is 16.1. The predicted octanol–water partition coefficient (Wildman–Crippen LogP) is 1.99. The summed E-state index contributed by atoms with van der Waals surface area (Å²) in [5, 5.41) is 6.46. The number of benzene rings is 2. The lowest BCUT2D eigenvalue weighted by molar-refractivity contribution is 0.717. The topological polar surface area (TPSA) is 125 Å². The summed E-state index contributed by atoms with van der Waals surface area (Å²) < 4.78 is 3.39. The van der Waals surface area contributed by atoms with Gasteiger partial charge >= 0.3 is 11.4 Å². The van der Waals surface area contributed by atoms with Gasteiger partial charge in [-0.1, -0.05) is 24.3 Å². The average Bonchev–Trinajstić information content (AvgIpc) is 3.30. The van der Waals surface area contributed by atoms with Gasteiger partial charge in [-0.3, -0.25) is 9.13 Å². The Hall–Kier alpha value is -4.34. The molecule has 2 aromatic carbocycles. The Kier molecular flexibility index (Phi) is 5.16. The van der Waals surface area contributed by atoms with Gasteiger partial charge in [0.2, 0.25) is 0 Å². The van der Waals surface area contributed by atoms with E-state index in [0.717, 1.165) is 22.1 Å². The number of H-pyrrole nitrogens is 2. The summed E-state index contributed by atoms with van der Waals surface area (Å²) in [5.74, 6) is 1.30. The van der Waals surface area contributed by atoms with E-state index in [9.17, 15) is 9.59 Å². The summed E-state index contributed by atoms with van der Waals surface area (Å²) in [5.41, 5.74) is 3.12. The van der Waals surface area contributed by atoms with Gasteiger partial charge in [0, 0.05) is 32.2 Å². The number of aromatic amines is 2. The first-order valence-corrected chi connectivity index (χ1v) is 10.3. The molecule has 0 fully saturated rings. The number of fused-ring (bicyclic) bond motifs is 2. The van der Waals surface area contributed by atoms with Crippen LogP contribution in [0.4, 0.5) is 11.6 Å². The molecular weight excluding hydrogens is 408 g/mol. The first-order chi connectivity index (χ1) is 15.7. The molecule has 0 unspecified atom stereocenters. The van der Waals surface area contributed by atoms with Crippen molar-refractivity contribution in [2.24, 2.45) is 0 Å². The zero-order valence-corrected chi connectivity index (χ0v) is 17.2. The van der Waals surface area contributed by atoms with Crippen LogP contribution in [-0.4, -0.2) is 42.2 Å². The standard InChI is InChI=1S/C22H22N8O2/c31-21-27-15-5-1-3-7-17(15)29(21)11-9-23-19-13-20(26-14-25-19)24-10-12-30-18-8-4-2-6-16(18)28-22(30)32/h1-8,13-14H,9-12H2,(H,27,31)(H,28,32)(H2,23,24,25,26). The van der Waals surface area contributed by atoms with E-state index in [1.165, 1.54) is 6.33 Å². The summed E-state index contributed by atoms with van der Waals surface area (Å²) in [6.07, 6.45) is 1.47. The highest BCUT2D eigenvalue weighted by molar-refractivity contribution is 5.75. The second-order valence-corrected chi connectivity index (χ2v) is 7.34. The third-order valence-corrected chi connectivity index (χ3v) is 5.31. The Balaban J connectivity index is 1.19. The summed E-state index contributed by atoms with van der Waals surface area (Å²) in [6.45, 7) is 2.06. The number of imidazole rings is 2. The van der Waals surface area contributed by atoms with Gasteiger partial charge in [-0.2, -0.15) is 0 Å². The van der Waals surface area contributed by atoms with Gasteiger partial charge in [-0.25, -0.2) is 19.6 Å². The molecule has 0 atom stereocenters. The highest BCUT2D eigenvalue weighted by Gasteiger charge is 2.07. The summed E-state index contributed by atoms with van der Waals surface area (Å²) in [7, 11) is 0. The molecule has 10 heteroatoms. The van der Waals surface area contributed by atoms with Crippen molar-refractivity contribution in [1.82, 2.24) is 29.1 Å². The van der Waals surface area contributed by atoms with E-state index in [1.54, 1.807) is 15.2 Å². The SMILES string of the molecule is O=c1[nH]c2ccccc2n1CCNc1cc(NCCn2c(=O)[nH]c3ccccc32)ncn1. The van der Waals surface area contributed by atoms with Crippen LogP contribution >= 0.6 is 0 Å². The summed E-state index contributed by atoms with van der Waals surface area (Å²) in [6, 6.07) is 17.0. The molecule has 0 bridgehead atoms. The molecule has 4 N–H and O–H groups in total. The van der Waals surface area contributed by atoms with Crippen molar-refractivity contribution in [3.63, 3.8) is 0 Å². The van der Waals surface area contributed by atoms with Crippen LogP contribution < -0.4 is 22.0 Å². The molecule has 162 valence electrons. The van der Waals surface area contributed by atoms with Crippen molar-refractivity contribution in [3.05, 3.63) is 81.9 Å². The third-order valence-electron chi connectivity index (χ3n) is 5.31. The van der Waals surface area contributed by atoms with Crippen LogP contribution in [0, 0.1) is 0 Å². The number of hydrogen-bond donors (Lipinski definition) is 4. The molecular formula is C22H22N8O2. The first-order valence-electron chi connectivity index (χ1n) is 10.3. The van der Waals surface area contributed by atoms with Crippen LogP contribution in [0.2, 0.25) is 0 Å². The molecule has 0 saturated heterocycles. The normalized spacial score (nSPS) is 11.2. The van der Waals surface area contributed by atoms with Gasteiger partial charge in [0.05, 0.1) is 22.1 Å². The lowest BCUT2D eigenvalue weighted by Gasteiger charge is -2.10. The van der Waals surface area contributed by atoms with E-state index < -0.39 is 0 Å². The summed E-state index contributed by atoms with van der Waals surface area (Å²) >= 11 is 0.